The maximum Gasteiger partial charge on any atom is 0.335 e. The van der Waals surface area contributed by atoms with Gasteiger partial charge in [-0.2, -0.15) is 0 Å². The fraction of sp³-hybridized carbons (Fsp3) is 0.333. The molecule has 0 fully saturated rings. The maximum atomic E-state index is 12.0. The van der Waals surface area contributed by atoms with Crippen LogP contribution >= 0.6 is 0 Å². The van der Waals surface area contributed by atoms with Gasteiger partial charge >= 0.3 is 5.97 Å². The predicted octanol–water partition coefficient (Wildman–Crippen LogP) is 0.651. The molecule has 0 aliphatic rings. The second-order valence-electron chi connectivity index (χ2n) is 4.84. The van der Waals surface area contributed by atoms with Crippen LogP contribution in [0.5, 0.6) is 0 Å². The molecule has 7 nitrogen and oxygen atoms in total. The van der Waals surface area contributed by atoms with Crippen LogP contribution in [-0.2, 0) is 14.8 Å². The van der Waals surface area contributed by atoms with E-state index in [-0.39, 0.29) is 5.56 Å². The van der Waals surface area contributed by atoms with E-state index in [1.54, 1.807) is 0 Å². The van der Waals surface area contributed by atoms with Gasteiger partial charge in [-0.25, -0.2) is 17.9 Å². The van der Waals surface area contributed by atoms with Crippen LogP contribution in [0.4, 0.5) is 5.69 Å². The van der Waals surface area contributed by atoms with Crippen LogP contribution in [0.25, 0.3) is 0 Å². The number of sulfonamides is 1. The summed E-state index contributed by atoms with van der Waals surface area (Å²) in [6.45, 7) is 2.85. The smallest absolute Gasteiger partial charge is 0.335 e. The topological polar surface area (TPSA) is 113 Å². The Hall–Kier alpha value is -1.93. The van der Waals surface area contributed by atoms with Crippen LogP contribution in [0, 0.1) is 0 Å². The van der Waals surface area contributed by atoms with Gasteiger partial charge in [-0.3, -0.25) is 4.79 Å². The number of benzene rings is 1. The molecule has 0 aromatic heterocycles. The van der Waals surface area contributed by atoms with Crippen LogP contribution in [0.1, 0.15) is 24.2 Å². The monoisotopic (exact) mass is 300 g/mol. The highest BCUT2D eigenvalue weighted by Crippen LogP contribution is 2.13. The van der Waals surface area contributed by atoms with Gasteiger partial charge < -0.3 is 10.4 Å². The third kappa shape index (κ3) is 4.63. The quantitative estimate of drug-likeness (QED) is 0.739. The Kier molecular flexibility index (Phi) is 4.51. The Bertz CT molecular complexity index is 620. The largest absolute Gasteiger partial charge is 0.478 e. The highest BCUT2D eigenvalue weighted by molar-refractivity contribution is 7.88. The van der Waals surface area contributed by atoms with Gasteiger partial charge in [0.15, 0.2) is 0 Å². The summed E-state index contributed by atoms with van der Waals surface area (Å²) in [6.07, 6.45) is 0.962. The summed E-state index contributed by atoms with van der Waals surface area (Å²) in [6, 6.07) is 5.54. The van der Waals surface area contributed by atoms with Crippen molar-refractivity contribution in [3.05, 3.63) is 29.8 Å². The fourth-order valence-corrected chi connectivity index (χ4v) is 2.51. The van der Waals surface area contributed by atoms with Gasteiger partial charge in [-0.05, 0) is 38.1 Å². The molecule has 0 unspecified atom stereocenters. The third-order valence-corrected chi connectivity index (χ3v) is 3.28. The average Bonchev–Trinajstić information content (AvgIpc) is 2.26. The number of amides is 1. The minimum Gasteiger partial charge on any atom is -0.478 e. The van der Waals surface area contributed by atoms with Crippen molar-refractivity contribution in [3.63, 3.8) is 0 Å². The fourth-order valence-electron chi connectivity index (χ4n) is 1.49. The molecule has 0 aliphatic carbocycles. The molecule has 3 N–H and O–H groups in total. The minimum atomic E-state index is -3.53. The third-order valence-electron chi connectivity index (χ3n) is 2.40. The van der Waals surface area contributed by atoms with E-state index in [0.717, 1.165) is 6.26 Å². The first-order valence-corrected chi connectivity index (χ1v) is 7.54. The molecule has 1 amide bonds. The van der Waals surface area contributed by atoms with Gasteiger partial charge in [0, 0.05) is 5.69 Å². The Balaban J connectivity index is 2.82. The molecular weight excluding hydrogens is 284 g/mol. The number of carboxylic acid groups (broad SMARTS) is 1. The van der Waals surface area contributed by atoms with Crippen LogP contribution in [0.3, 0.4) is 0 Å². The van der Waals surface area contributed by atoms with Gasteiger partial charge in [-0.15, -0.1) is 0 Å². The van der Waals surface area contributed by atoms with E-state index in [1.807, 2.05) is 0 Å². The second-order valence-corrected chi connectivity index (χ2v) is 6.58. The van der Waals surface area contributed by atoms with Crippen molar-refractivity contribution in [2.75, 3.05) is 11.6 Å². The Morgan fingerprint density at radius 3 is 2.05 bits per heavy atom. The van der Waals surface area contributed by atoms with Crippen molar-refractivity contribution in [1.82, 2.24) is 4.72 Å². The molecule has 0 bridgehead atoms. The molecule has 0 saturated heterocycles. The number of carbonyl (C=O) groups is 2. The van der Waals surface area contributed by atoms with E-state index in [1.165, 1.54) is 38.1 Å². The average molecular weight is 300 g/mol. The lowest BCUT2D eigenvalue weighted by molar-refractivity contribution is -0.120. The highest BCUT2D eigenvalue weighted by Gasteiger charge is 2.30. The van der Waals surface area contributed by atoms with E-state index in [9.17, 15) is 18.0 Å². The molecular formula is C12H16N2O5S. The lowest BCUT2D eigenvalue weighted by Crippen LogP contribution is -2.51. The first-order chi connectivity index (χ1) is 9.01. The van der Waals surface area contributed by atoms with Crippen molar-refractivity contribution in [2.45, 2.75) is 19.4 Å². The van der Waals surface area contributed by atoms with Gasteiger partial charge in [0.2, 0.25) is 15.9 Å². The summed E-state index contributed by atoms with van der Waals surface area (Å²) in [5.41, 5.74) is -0.848. The summed E-state index contributed by atoms with van der Waals surface area (Å²) >= 11 is 0. The molecule has 110 valence electrons. The van der Waals surface area contributed by atoms with Gasteiger partial charge in [-0.1, -0.05) is 0 Å². The number of carbonyl (C=O) groups excluding carboxylic acids is 1. The van der Waals surface area contributed by atoms with Crippen molar-refractivity contribution in [1.29, 1.82) is 0 Å². The molecule has 0 atom stereocenters. The molecule has 1 rings (SSSR count). The predicted molar refractivity (Wildman–Crippen MR) is 74.1 cm³/mol. The Labute approximate surface area is 117 Å². The zero-order chi connectivity index (χ0) is 15.6. The first kappa shape index (κ1) is 16.1. The van der Waals surface area contributed by atoms with Crippen molar-refractivity contribution in [2.24, 2.45) is 0 Å². The van der Waals surface area contributed by atoms with Crippen molar-refractivity contribution >= 4 is 27.6 Å². The Morgan fingerprint density at radius 2 is 1.65 bits per heavy atom. The first-order valence-electron chi connectivity index (χ1n) is 5.65. The van der Waals surface area contributed by atoms with Crippen LogP contribution < -0.4 is 10.0 Å². The number of aromatic carboxylic acids is 1. The molecule has 8 heteroatoms. The standard InChI is InChI=1S/C12H16N2O5S/c1-12(2,14-20(3,18)19)11(17)13-9-6-4-8(5-7-9)10(15)16/h4-7,14H,1-3H3,(H,13,17)(H,15,16). The van der Waals surface area contributed by atoms with Gasteiger partial charge in [0.25, 0.3) is 0 Å². The SMILES string of the molecule is CC(C)(NS(C)(=O)=O)C(=O)Nc1ccc(C(=O)O)cc1. The molecule has 0 spiro atoms. The van der Waals surface area contributed by atoms with Gasteiger partial charge in [0.1, 0.15) is 5.54 Å². The van der Waals surface area contributed by atoms with E-state index in [0.29, 0.717) is 5.69 Å². The highest BCUT2D eigenvalue weighted by atomic mass is 32.2. The second kappa shape index (κ2) is 5.59. The zero-order valence-electron chi connectivity index (χ0n) is 11.3. The summed E-state index contributed by atoms with van der Waals surface area (Å²) in [5.74, 6) is -1.62. The lowest BCUT2D eigenvalue weighted by Gasteiger charge is -2.23. The molecule has 1 aromatic carbocycles. The van der Waals surface area contributed by atoms with Crippen molar-refractivity contribution in [3.8, 4) is 0 Å². The molecule has 1 aromatic rings. The van der Waals surface area contributed by atoms with E-state index in [2.05, 4.69) is 10.0 Å². The minimum absolute atomic E-state index is 0.0940. The number of hydrogen-bond acceptors (Lipinski definition) is 4. The molecule has 20 heavy (non-hydrogen) atoms. The number of rotatable bonds is 5. The maximum absolute atomic E-state index is 12.0. The van der Waals surface area contributed by atoms with Crippen molar-refractivity contribution < 1.29 is 23.1 Å². The van der Waals surface area contributed by atoms with Gasteiger partial charge in [0.05, 0.1) is 11.8 Å². The Morgan fingerprint density at radius 1 is 1.15 bits per heavy atom. The summed E-state index contributed by atoms with van der Waals surface area (Å²) < 4.78 is 24.5. The van der Waals surface area contributed by atoms with Crippen LogP contribution in [0.2, 0.25) is 0 Å². The van der Waals surface area contributed by atoms with E-state index < -0.39 is 27.4 Å². The number of hydrogen-bond donors (Lipinski definition) is 3. The van der Waals surface area contributed by atoms with Crippen LogP contribution in [0.15, 0.2) is 24.3 Å². The number of nitrogens with one attached hydrogen (secondary N) is 2. The molecule has 0 saturated carbocycles. The lowest BCUT2D eigenvalue weighted by atomic mass is 10.1. The van der Waals surface area contributed by atoms with E-state index in [4.69, 9.17) is 5.11 Å². The summed E-state index contributed by atoms with van der Waals surface area (Å²) in [5, 5.41) is 11.3. The molecule has 0 heterocycles. The molecule has 0 radical (unpaired) electrons. The molecule has 0 aliphatic heterocycles. The summed E-state index contributed by atoms with van der Waals surface area (Å²) in [7, 11) is -3.53. The summed E-state index contributed by atoms with van der Waals surface area (Å²) in [4.78, 5) is 22.7. The zero-order valence-corrected chi connectivity index (χ0v) is 12.1. The van der Waals surface area contributed by atoms with E-state index >= 15 is 0 Å². The normalized spacial score (nSPS) is 11.9. The number of carboxylic acids is 1. The number of anilines is 1. The van der Waals surface area contributed by atoms with Crippen LogP contribution in [-0.4, -0.2) is 37.2 Å².